The Balaban J connectivity index is 2.24. The minimum absolute atomic E-state index is 0.170. The molecule has 2 rings (SSSR count). The van der Waals surface area contributed by atoms with E-state index < -0.39 is 0 Å². The molecule has 0 aliphatic heterocycles. The molecule has 2 N–H and O–H groups in total. The highest BCUT2D eigenvalue weighted by Crippen LogP contribution is 2.32. The van der Waals surface area contributed by atoms with Crippen molar-refractivity contribution in [3.63, 3.8) is 0 Å². The van der Waals surface area contributed by atoms with E-state index in [-0.39, 0.29) is 6.04 Å². The Morgan fingerprint density at radius 2 is 1.79 bits per heavy atom. The Morgan fingerprint density at radius 1 is 1.21 bits per heavy atom. The van der Waals surface area contributed by atoms with E-state index >= 15 is 0 Å². The molecule has 1 aliphatic rings. The molecule has 0 spiro atoms. The summed E-state index contributed by atoms with van der Waals surface area (Å²) in [5.41, 5.74) is 8.99. The van der Waals surface area contributed by atoms with Gasteiger partial charge in [-0.15, -0.1) is 0 Å². The number of aryl methyl sites for hydroxylation is 1. The molecule has 1 aromatic rings. The van der Waals surface area contributed by atoms with Gasteiger partial charge in [-0.1, -0.05) is 49.6 Å². The zero-order valence-electron chi connectivity index (χ0n) is 12.6. The average molecular weight is 260 g/mol. The van der Waals surface area contributed by atoms with Gasteiger partial charge in [-0.25, -0.2) is 0 Å². The molecule has 1 aliphatic carbocycles. The van der Waals surface area contributed by atoms with E-state index in [1.807, 2.05) is 0 Å². The minimum atomic E-state index is 0.170. The van der Waals surface area contributed by atoms with E-state index in [2.05, 4.69) is 49.9 Å². The molecule has 106 valence electrons. The van der Waals surface area contributed by atoms with Gasteiger partial charge in [0.15, 0.2) is 0 Å². The number of hydrogen-bond acceptors (Lipinski definition) is 2. The van der Waals surface area contributed by atoms with Crippen LogP contribution >= 0.6 is 0 Å². The summed E-state index contributed by atoms with van der Waals surface area (Å²) in [6.07, 6.45) is 5.42. The van der Waals surface area contributed by atoms with Crippen LogP contribution in [0.15, 0.2) is 24.3 Å². The number of rotatable bonds is 5. The lowest BCUT2D eigenvalue weighted by atomic mass is 9.96. The van der Waals surface area contributed by atoms with E-state index in [1.165, 1.54) is 36.8 Å². The zero-order valence-corrected chi connectivity index (χ0v) is 12.6. The first-order valence-corrected chi connectivity index (χ1v) is 7.71. The molecule has 0 radical (unpaired) electrons. The minimum Gasteiger partial charge on any atom is -0.326 e. The Kier molecular flexibility index (Phi) is 5.00. The van der Waals surface area contributed by atoms with Gasteiger partial charge in [-0.3, -0.25) is 4.90 Å². The van der Waals surface area contributed by atoms with E-state index in [0.717, 1.165) is 12.6 Å². The van der Waals surface area contributed by atoms with Gasteiger partial charge in [0.2, 0.25) is 0 Å². The van der Waals surface area contributed by atoms with Crippen LogP contribution in [0.2, 0.25) is 0 Å². The Labute approximate surface area is 118 Å². The van der Waals surface area contributed by atoms with Crippen LogP contribution in [-0.2, 0) is 0 Å². The Hall–Kier alpha value is -0.860. The van der Waals surface area contributed by atoms with E-state index in [9.17, 15) is 0 Å². The molecule has 2 nitrogen and oxygen atoms in total. The molecule has 0 amide bonds. The fourth-order valence-electron chi connectivity index (χ4n) is 3.48. The second-order valence-corrected chi connectivity index (χ2v) is 5.98. The van der Waals surface area contributed by atoms with Crippen LogP contribution in [0.4, 0.5) is 0 Å². The Morgan fingerprint density at radius 3 is 2.26 bits per heavy atom. The van der Waals surface area contributed by atoms with E-state index in [4.69, 9.17) is 5.73 Å². The van der Waals surface area contributed by atoms with Crippen molar-refractivity contribution >= 4 is 0 Å². The fourth-order valence-corrected chi connectivity index (χ4v) is 3.48. The third-order valence-corrected chi connectivity index (χ3v) is 4.43. The molecule has 2 heteroatoms. The lowest BCUT2D eigenvalue weighted by molar-refractivity contribution is 0.127. The van der Waals surface area contributed by atoms with Crippen molar-refractivity contribution in [3.8, 4) is 0 Å². The van der Waals surface area contributed by atoms with Crippen molar-refractivity contribution in [1.82, 2.24) is 4.90 Å². The number of likely N-dealkylation sites (N-methyl/N-ethyl adjacent to an activating group) is 1. The van der Waals surface area contributed by atoms with Crippen molar-refractivity contribution in [2.24, 2.45) is 5.73 Å². The lowest BCUT2D eigenvalue weighted by Gasteiger charge is -2.38. The van der Waals surface area contributed by atoms with Gasteiger partial charge >= 0.3 is 0 Å². The molecule has 0 saturated heterocycles. The maximum absolute atomic E-state index is 6.31. The number of nitrogens with zero attached hydrogens (tertiary/aromatic N) is 1. The monoisotopic (exact) mass is 260 g/mol. The molecular formula is C17H28N2. The molecule has 0 heterocycles. The standard InChI is InChI=1S/C17H28N2/c1-4-19(16-7-5-6-8-16)17(14(3)18)15-11-9-13(2)10-12-15/h9-12,14,16-17H,4-8,18H2,1-3H3. The smallest absolute Gasteiger partial charge is 0.0499 e. The highest BCUT2D eigenvalue weighted by Gasteiger charge is 2.30. The van der Waals surface area contributed by atoms with E-state index in [0.29, 0.717) is 6.04 Å². The third-order valence-electron chi connectivity index (χ3n) is 4.43. The van der Waals surface area contributed by atoms with Gasteiger partial charge < -0.3 is 5.73 Å². The first-order valence-electron chi connectivity index (χ1n) is 7.71. The zero-order chi connectivity index (χ0) is 13.8. The summed E-state index contributed by atoms with van der Waals surface area (Å²) in [6, 6.07) is 10.2. The van der Waals surface area contributed by atoms with Crippen LogP contribution in [-0.4, -0.2) is 23.5 Å². The van der Waals surface area contributed by atoms with Crippen molar-refractivity contribution < 1.29 is 0 Å². The van der Waals surface area contributed by atoms with Crippen LogP contribution < -0.4 is 5.73 Å². The van der Waals surface area contributed by atoms with Gasteiger partial charge in [0.25, 0.3) is 0 Å². The maximum atomic E-state index is 6.31. The van der Waals surface area contributed by atoms with Crippen molar-refractivity contribution in [2.75, 3.05) is 6.54 Å². The lowest BCUT2D eigenvalue weighted by Crippen LogP contribution is -2.44. The average Bonchev–Trinajstić information content (AvgIpc) is 2.90. The number of benzene rings is 1. The summed E-state index contributed by atoms with van der Waals surface area (Å²) in [4.78, 5) is 2.63. The van der Waals surface area contributed by atoms with Crippen LogP contribution in [0.3, 0.4) is 0 Å². The Bertz CT molecular complexity index is 377. The molecule has 2 unspecified atom stereocenters. The molecule has 2 atom stereocenters. The van der Waals surface area contributed by atoms with Crippen LogP contribution in [0, 0.1) is 6.92 Å². The molecule has 1 fully saturated rings. The van der Waals surface area contributed by atoms with Gasteiger partial charge in [0.1, 0.15) is 0 Å². The first-order chi connectivity index (χ1) is 9.13. The molecule has 1 aromatic carbocycles. The van der Waals surface area contributed by atoms with Crippen molar-refractivity contribution in [3.05, 3.63) is 35.4 Å². The highest BCUT2D eigenvalue weighted by atomic mass is 15.2. The second-order valence-electron chi connectivity index (χ2n) is 5.98. The maximum Gasteiger partial charge on any atom is 0.0499 e. The highest BCUT2D eigenvalue weighted by molar-refractivity contribution is 5.25. The first kappa shape index (κ1) is 14.5. The van der Waals surface area contributed by atoms with Gasteiger partial charge in [-0.2, -0.15) is 0 Å². The quantitative estimate of drug-likeness (QED) is 0.875. The molecule has 1 saturated carbocycles. The number of hydrogen-bond donors (Lipinski definition) is 1. The van der Waals surface area contributed by atoms with Gasteiger partial charge in [0.05, 0.1) is 0 Å². The third kappa shape index (κ3) is 3.37. The summed E-state index contributed by atoms with van der Waals surface area (Å²) < 4.78 is 0. The summed E-state index contributed by atoms with van der Waals surface area (Å²) in [7, 11) is 0. The molecular weight excluding hydrogens is 232 g/mol. The normalized spacial score (nSPS) is 19.8. The van der Waals surface area contributed by atoms with Crippen molar-refractivity contribution in [2.45, 2.75) is 64.6 Å². The summed E-state index contributed by atoms with van der Waals surface area (Å²) >= 11 is 0. The van der Waals surface area contributed by atoms with Crippen LogP contribution in [0.25, 0.3) is 0 Å². The van der Waals surface area contributed by atoms with Gasteiger partial charge in [0, 0.05) is 18.1 Å². The fraction of sp³-hybridized carbons (Fsp3) is 0.647. The summed E-state index contributed by atoms with van der Waals surface area (Å²) in [5.74, 6) is 0. The molecule has 0 aromatic heterocycles. The largest absolute Gasteiger partial charge is 0.326 e. The van der Waals surface area contributed by atoms with Crippen molar-refractivity contribution in [1.29, 1.82) is 0 Å². The van der Waals surface area contributed by atoms with Crippen LogP contribution in [0.5, 0.6) is 0 Å². The van der Waals surface area contributed by atoms with E-state index in [1.54, 1.807) is 0 Å². The number of nitrogens with two attached hydrogens (primary N) is 1. The second kappa shape index (κ2) is 6.53. The summed E-state index contributed by atoms with van der Waals surface area (Å²) in [6.45, 7) is 7.63. The topological polar surface area (TPSA) is 29.3 Å². The van der Waals surface area contributed by atoms with Crippen LogP contribution in [0.1, 0.15) is 56.7 Å². The molecule has 19 heavy (non-hydrogen) atoms. The molecule has 0 bridgehead atoms. The predicted molar refractivity (Wildman–Crippen MR) is 82.2 cm³/mol. The van der Waals surface area contributed by atoms with Gasteiger partial charge in [-0.05, 0) is 38.8 Å². The summed E-state index contributed by atoms with van der Waals surface area (Å²) in [5, 5.41) is 0. The predicted octanol–water partition coefficient (Wildman–Crippen LogP) is 3.65. The SMILES string of the molecule is CCN(C1CCCC1)C(c1ccc(C)cc1)C(C)N.